The fraction of sp³-hybridized carbons (Fsp3) is 0.484. The first-order valence-corrected chi connectivity index (χ1v) is 14.5. The molecule has 2 heterocycles. The van der Waals surface area contributed by atoms with E-state index in [2.05, 4.69) is 10.6 Å². The van der Waals surface area contributed by atoms with Crippen molar-refractivity contribution in [3.05, 3.63) is 59.7 Å². The summed E-state index contributed by atoms with van der Waals surface area (Å²) in [6.07, 6.45) is 4.52. The second-order valence-corrected chi connectivity index (χ2v) is 11.3. The predicted octanol–water partition coefficient (Wildman–Crippen LogP) is 3.12. The molecule has 4 atom stereocenters. The Bertz CT molecular complexity index is 1330. The summed E-state index contributed by atoms with van der Waals surface area (Å²) in [5, 5.41) is 16.4. The minimum Gasteiger partial charge on any atom is -0.493 e. The normalized spacial score (nSPS) is 25.7. The molecule has 5 N–H and O–H groups in total. The molecule has 0 spiro atoms. The number of carbonyl (C=O) groups excluding carboxylic acids is 3. The Morgan fingerprint density at radius 2 is 1.81 bits per heavy atom. The van der Waals surface area contributed by atoms with E-state index < -0.39 is 41.3 Å². The van der Waals surface area contributed by atoms with E-state index in [4.69, 9.17) is 15.2 Å². The number of rotatable bonds is 11. The number of carboxylic acids is 1. The Balaban J connectivity index is 1.56. The van der Waals surface area contributed by atoms with E-state index in [-0.39, 0.29) is 37.9 Å². The van der Waals surface area contributed by atoms with Crippen LogP contribution in [-0.4, -0.2) is 59.1 Å². The van der Waals surface area contributed by atoms with Crippen molar-refractivity contribution >= 4 is 23.8 Å². The number of benzene rings is 2. The van der Waals surface area contributed by atoms with Gasteiger partial charge in [0.25, 0.3) is 0 Å². The first-order chi connectivity index (χ1) is 20.3. The van der Waals surface area contributed by atoms with E-state index in [0.717, 1.165) is 24.8 Å². The molecule has 42 heavy (non-hydrogen) atoms. The van der Waals surface area contributed by atoms with Crippen molar-refractivity contribution in [3.63, 3.8) is 0 Å². The van der Waals surface area contributed by atoms with Crippen molar-refractivity contribution in [1.82, 2.24) is 15.5 Å². The van der Waals surface area contributed by atoms with Gasteiger partial charge in [0.2, 0.25) is 11.8 Å². The number of carboxylic acid groups (broad SMARTS) is 1. The van der Waals surface area contributed by atoms with E-state index in [1.807, 2.05) is 30.3 Å². The lowest BCUT2D eigenvalue weighted by Crippen LogP contribution is -2.56. The molecule has 2 aromatic carbocycles. The summed E-state index contributed by atoms with van der Waals surface area (Å²) in [7, 11) is 1.52. The number of urea groups is 1. The zero-order chi connectivity index (χ0) is 29.9. The molecule has 2 aliphatic heterocycles. The third-order valence-corrected chi connectivity index (χ3v) is 8.85. The van der Waals surface area contributed by atoms with Crippen LogP contribution in [0.25, 0.3) is 0 Å². The molecule has 0 aromatic heterocycles. The SMILES string of the molecule is COc1cccc(C2NC(CCCNC(N)=O)(C(=O)O)C3C(=O)N(C4CCCCC4)C(=O)C23)c1OCc1ccccc1. The summed E-state index contributed by atoms with van der Waals surface area (Å²) < 4.78 is 11.9. The van der Waals surface area contributed by atoms with Crippen LogP contribution in [-0.2, 0) is 21.0 Å². The number of likely N-dealkylation sites (tertiary alicyclic amines) is 1. The van der Waals surface area contributed by atoms with Crippen molar-refractivity contribution in [2.45, 2.75) is 69.2 Å². The molecular formula is C31H38N4O7. The Hall–Kier alpha value is -4.12. The molecule has 4 unspecified atom stereocenters. The summed E-state index contributed by atoms with van der Waals surface area (Å²) in [6, 6.07) is 13.1. The van der Waals surface area contributed by atoms with Crippen molar-refractivity contribution in [1.29, 1.82) is 0 Å². The van der Waals surface area contributed by atoms with Crippen molar-refractivity contribution in [2.75, 3.05) is 13.7 Å². The number of fused-ring (bicyclic) bond motifs is 1. The second-order valence-electron chi connectivity index (χ2n) is 11.3. The number of hydrogen-bond acceptors (Lipinski definition) is 7. The molecule has 0 bridgehead atoms. The number of primary amides is 1. The zero-order valence-corrected chi connectivity index (χ0v) is 23.7. The molecule has 1 aliphatic carbocycles. The Kier molecular flexibility index (Phi) is 8.67. The van der Waals surface area contributed by atoms with Gasteiger partial charge in [-0.15, -0.1) is 0 Å². The van der Waals surface area contributed by atoms with Crippen LogP contribution in [0.5, 0.6) is 11.5 Å². The lowest BCUT2D eigenvalue weighted by Gasteiger charge is -2.35. The van der Waals surface area contributed by atoms with E-state index in [0.29, 0.717) is 29.9 Å². The third-order valence-electron chi connectivity index (χ3n) is 8.85. The second kappa shape index (κ2) is 12.4. The Morgan fingerprint density at radius 3 is 2.48 bits per heavy atom. The number of methoxy groups -OCH3 is 1. The van der Waals surface area contributed by atoms with Crippen LogP contribution in [0.2, 0.25) is 0 Å². The molecule has 3 fully saturated rings. The summed E-state index contributed by atoms with van der Waals surface area (Å²) in [4.78, 5) is 54.0. The molecule has 3 aliphatic rings. The number of para-hydroxylation sites is 1. The standard InChI is InChI=1S/C31H38N4O7/c1-41-22-15-8-14-21(26(22)42-18-19-10-4-2-5-11-19)25-23-24(28(37)35(27(23)36)20-12-6-3-7-13-20)31(34-25,29(38)39)16-9-17-33-30(32)40/h2,4-5,8,10-11,14-15,20,23-25,34H,3,6-7,9,12-13,16-18H2,1H3,(H,38,39)(H3,32,33,40). The van der Waals surface area contributed by atoms with Crippen LogP contribution in [0.15, 0.2) is 48.5 Å². The monoisotopic (exact) mass is 578 g/mol. The number of carbonyl (C=O) groups is 4. The smallest absolute Gasteiger partial charge is 0.324 e. The Labute approximate surface area is 244 Å². The topological polar surface area (TPSA) is 160 Å². The van der Waals surface area contributed by atoms with Crippen molar-refractivity contribution < 1.29 is 33.8 Å². The molecule has 11 nitrogen and oxygen atoms in total. The molecule has 1 saturated carbocycles. The molecule has 2 saturated heterocycles. The molecule has 5 rings (SSSR count). The number of amides is 4. The third kappa shape index (κ3) is 5.40. The maximum absolute atomic E-state index is 14.2. The van der Waals surface area contributed by atoms with E-state index in [1.54, 1.807) is 18.2 Å². The van der Waals surface area contributed by atoms with Gasteiger partial charge in [-0.25, -0.2) is 4.79 Å². The molecule has 11 heteroatoms. The quantitative estimate of drug-likeness (QED) is 0.234. The van der Waals surface area contributed by atoms with Crippen LogP contribution in [0.4, 0.5) is 4.79 Å². The zero-order valence-electron chi connectivity index (χ0n) is 23.7. The van der Waals surface area contributed by atoms with Gasteiger partial charge in [0.15, 0.2) is 11.5 Å². The molecule has 224 valence electrons. The average molecular weight is 579 g/mol. The number of imide groups is 1. The highest BCUT2D eigenvalue weighted by Crippen LogP contribution is 2.53. The highest BCUT2D eigenvalue weighted by Gasteiger charge is 2.69. The largest absolute Gasteiger partial charge is 0.493 e. The van der Waals surface area contributed by atoms with Crippen LogP contribution < -0.4 is 25.8 Å². The summed E-state index contributed by atoms with van der Waals surface area (Å²) in [5.41, 5.74) is 4.93. The van der Waals surface area contributed by atoms with Crippen LogP contribution in [0.1, 0.15) is 62.1 Å². The number of ether oxygens (including phenoxy) is 2. The number of nitrogens with one attached hydrogen (secondary N) is 2. The minimum atomic E-state index is -1.75. The van der Waals surface area contributed by atoms with Crippen molar-refractivity contribution in [3.8, 4) is 11.5 Å². The average Bonchev–Trinajstić information content (AvgIpc) is 3.48. The highest BCUT2D eigenvalue weighted by molar-refractivity contribution is 6.09. The van der Waals surface area contributed by atoms with Crippen LogP contribution in [0.3, 0.4) is 0 Å². The Morgan fingerprint density at radius 1 is 1.07 bits per heavy atom. The first-order valence-electron chi connectivity index (χ1n) is 14.5. The number of nitrogens with zero attached hydrogens (tertiary/aromatic N) is 1. The molecule has 0 radical (unpaired) electrons. The van der Waals surface area contributed by atoms with Gasteiger partial charge in [0, 0.05) is 24.2 Å². The predicted molar refractivity (Wildman–Crippen MR) is 153 cm³/mol. The molecular weight excluding hydrogens is 540 g/mol. The number of nitrogens with two attached hydrogens (primary N) is 1. The van der Waals surface area contributed by atoms with Gasteiger partial charge in [-0.05, 0) is 37.3 Å². The van der Waals surface area contributed by atoms with E-state index in [9.17, 15) is 24.3 Å². The van der Waals surface area contributed by atoms with Gasteiger partial charge in [0.1, 0.15) is 12.1 Å². The lowest BCUT2D eigenvalue weighted by atomic mass is 9.77. The summed E-state index contributed by atoms with van der Waals surface area (Å²) in [5.74, 6) is -3.30. The van der Waals surface area contributed by atoms with Crippen LogP contribution in [0, 0.1) is 11.8 Å². The van der Waals surface area contributed by atoms with Gasteiger partial charge >= 0.3 is 12.0 Å². The van der Waals surface area contributed by atoms with Crippen LogP contribution >= 0.6 is 0 Å². The minimum absolute atomic E-state index is 0.00197. The summed E-state index contributed by atoms with van der Waals surface area (Å²) >= 11 is 0. The first kappa shape index (κ1) is 29.4. The maximum atomic E-state index is 14.2. The van der Waals surface area contributed by atoms with Gasteiger partial charge in [-0.1, -0.05) is 61.7 Å². The molecule has 4 amide bonds. The summed E-state index contributed by atoms with van der Waals surface area (Å²) in [6.45, 7) is 0.353. The fourth-order valence-corrected chi connectivity index (χ4v) is 6.93. The fourth-order valence-electron chi connectivity index (χ4n) is 6.93. The van der Waals surface area contributed by atoms with Gasteiger partial charge < -0.3 is 25.6 Å². The molecule has 2 aromatic rings. The van der Waals surface area contributed by atoms with Gasteiger partial charge in [0.05, 0.1) is 18.9 Å². The number of hydrogen-bond donors (Lipinski definition) is 4. The van der Waals surface area contributed by atoms with E-state index >= 15 is 0 Å². The number of aliphatic carboxylic acids is 1. The van der Waals surface area contributed by atoms with E-state index in [1.165, 1.54) is 12.0 Å². The van der Waals surface area contributed by atoms with Gasteiger partial charge in [-0.2, -0.15) is 0 Å². The van der Waals surface area contributed by atoms with Gasteiger partial charge in [-0.3, -0.25) is 24.6 Å². The maximum Gasteiger partial charge on any atom is 0.324 e. The highest BCUT2D eigenvalue weighted by atomic mass is 16.5. The van der Waals surface area contributed by atoms with Crippen molar-refractivity contribution in [2.24, 2.45) is 17.6 Å². The lowest BCUT2D eigenvalue weighted by molar-refractivity contribution is -0.153.